The van der Waals surface area contributed by atoms with E-state index in [9.17, 15) is 9.59 Å². The number of rotatable bonds is 4. The van der Waals surface area contributed by atoms with Gasteiger partial charge in [0.15, 0.2) is 0 Å². The molecule has 0 heterocycles. The van der Waals surface area contributed by atoms with Crippen LogP contribution in [0.25, 0.3) is 0 Å². The van der Waals surface area contributed by atoms with Crippen molar-refractivity contribution in [3.63, 3.8) is 0 Å². The zero-order valence-electron chi connectivity index (χ0n) is 14.9. The molecule has 4 nitrogen and oxygen atoms in total. The molecule has 0 radical (unpaired) electrons. The predicted molar refractivity (Wildman–Crippen MR) is 92.9 cm³/mol. The molecule has 0 aliphatic heterocycles. The topological polar surface area (TPSA) is 52.6 Å². The van der Waals surface area contributed by atoms with Crippen LogP contribution in [-0.2, 0) is 14.3 Å². The molecular weight excluding hydrogens is 304 g/mol. The van der Waals surface area contributed by atoms with Gasteiger partial charge in [-0.05, 0) is 70.6 Å². The van der Waals surface area contributed by atoms with Crippen molar-refractivity contribution in [1.82, 2.24) is 0 Å². The second-order valence-electron chi connectivity index (χ2n) is 7.05. The van der Waals surface area contributed by atoms with E-state index in [4.69, 9.17) is 9.47 Å². The maximum absolute atomic E-state index is 12.1. The van der Waals surface area contributed by atoms with Gasteiger partial charge in [-0.2, -0.15) is 0 Å². The lowest BCUT2D eigenvalue weighted by molar-refractivity contribution is -0.150. The summed E-state index contributed by atoms with van der Waals surface area (Å²) < 4.78 is 10.4. The molecule has 0 fully saturated rings. The molecule has 0 aromatic heterocycles. The third-order valence-corrected chi connectivity index (χ3v) is 3.97. The number of allylic oxidation sites excluding steroid dienone is 1. The van der Waals surface area contributed by atoms with Crippen LogP contribution in [0, 0.1) is 0 Å². The molecule has 1 aromatic carbocycles. The minimum absolute atomic E-state index is 0.210. The number of esters is 2. The summed E-state index contributed by atoms with van der Waals surface area (Å²) >= 11 is 0. The average molecular weight is 330 g/mol. The van der Waals surface area contributed by atoms with E-state index in [0.717, 1.165) is 24.8 Å². The summed E-state index contributed by atoms with van der Waals surface area (Å²) in [6.45, 7) is 7.80. The maximum atomic E-state index is 12.1. The van der Waals surface area contributed by atoms with Gasteiger partial charge < -0.3 is 9.47 Å². The average Bonchev–Trinajstić information content (AvgIpc) is 2.54. The Morgan fingerprint density at radius 3 is 2.29 bits per heavy atom. The van der Waals surface area contributed by atoms with Crippen molar-refractivity contribution < 1.29 is 19.1 Å². The van der Waals surface area contributed by atoms with Crippen LogP contribution in [0.4, 0.5) is 0 Å². The van der Waals surface area contributed by atoms with E-state index in [2.05, 4.69) is 0 Å². The van der Waals surface area contributed by atoms with Gasteiger partial charge in [-0.3, -0.25) is 0 Å². The number of hydrogen-bond donors (Lipinski definition) is 0. The van der Waals surface area contributed by atoms with Crippen LogP contribution in [-0.4, -0.2) is 24.1 Å². The van der Waals surface area contributed by atoms with E-state index in [1.165, 1.54) is 5.56 Å². The third kappa shape index (κ3) is 4.95. The monoisotopic (exact) mass is 330 g/mol. The summed E-state index contributed by atoms with van der Waals surface area (Å²) in [5.41, 5.74) is 2.06. The first-order chi connectivity index (χ1) is 11.3. The molecule has 0 spiro atoms. The van der Waals surface area contributed by atoms with Crippen molar-refractivity contribution >= 4 is 11.9 Å². The van der Waals surface area contributed by atoms with Crippen molar-refractivity contribution in [3.05, 3.63) is 47.0 Å². The Bertz CT molecular complexity index is 620. The molecule has 0 amide bonds. The fourth-order valence-corrected chi connectivity index (χ4v) is 2.77. The Morgan fingerprint density at radius 2 is 1.79 bits per heavy atom. The molecule has 0 saturated carbocycles. The van der Waals surface area contributed by atoms with Gasteiger partial charge in [-0.15, -0.1) is 0 Å². The highest BCUT2D eigenvalue weighted by atomic mass is 16.6. The van der Waals surface area contributed by atoms with Gasteiger partial charge >= 0.3 is 11.9 Å². The molecule has 1 unspecified atom stereocenters. The fourth-order valence-electron chi connectivity index (χ4n) is 2.77. The lowest BCUT2D eigenvalue weighted by atomic mass is 9.84. The second-order valence-corrected chi connectivity index (χ2v) is 7.05. The van der Waals surface area contributed by atoms with Crippen molar-refractivity contribution in [2.45, 2.75) is 58.5 Å². The molecule has 0 N–H and O–H groups in total. The Labute approximate surface area is 143 Å². The quantitative estimate of drug-likeness (QED) is 0.768. The number of benzene rings is 1. The third-order valence-electron chi connectivity index (χ3n) is 3.97. The molecule has 4 heteroatoms. The zero-order chi connectivity index (χ0) is 17.7. The van der Waals surface area contributed by atoms with Crippen molar-refractivity contribution in [3.8, 4) is 0 Å². The SMILES string of the molecule is CCOC(=O)c1ccc(C2CC=C(C(=O)OC(C)(C)C)CC2)cc1. The first-order valence-corrected chi connectivity index (χ1v) is 8.49. The lowest BCUT2D eigenvalue weighted by Gasteiger charge is -2.25. The highest BCUT2D eigenvalue weighted by molar-refractivity contribution is 5.89. The second kappa shape index (κ2) is 7.65. The Balaban J connectivity index is 1.99. The van der Waals surface area contributed by atoms with Gasteiger partial charge in [0.05, 0.1) is 12.2 Å². The molecule has 24 heavy (non-hydrogen) atoms. The molecule has 0 bridgehead atoms. The summed E-state index contributed by atoms with van der Waals surface area (Å²) in [6.07, 6.45) is 4.43. The van der Waals surface area contributed by atoms with Gasteiger partial charge in [0.2, 0.25) is 0 Å². The van der Waals surface area contributed by atoms with Gasteiger partial charge in [-0.25, -0.2) is 9.59 Å². The predicted octanol–water partition coefficient (Wildman–Crippen LogP) is 4.40. The first-order valence-electron chi connectivity index (χ1n) is 8.49. The highest BCUT2D eigenvalue weighted by Crippen LogP contribution is 2.33. The van der Waals surface area contributed by atoms with Gasteiger partial charge in [0.25, 0.3) is 0 Å². The number of hydrogen-bond acceptors (Lipinski definition) is 4. The van der Waals surface area contributed by atoms with Crippen LogP contribution in [0.5, 0.6) is 0 Å². The summed E-state index contributed by atoms with van der Waals surface area (Å²) in [7, 11) is 0. The minimum atomic E-state index is -0.461. The summed E-state index contributed by atoms with van der Waals surface area (Å²) in [4.78, 5) is 23.8. The zero-order valence-corrected chi connectivity index (χ0v) is 14.9. The fraction of sp³-hybridized carbons (Fsp3) is 0.500. The van der Waals surface area contributed by atoms with E-state index < -0.39 is 5.60 Å². The van der Waals surface area contributed by atoms with Crippen LogP contribution in [0.3, 0.4) is 0 Å². The Kier molecular flexibility index (Phi) is 5.81. The molecule has 1 atom stereocenters. The highest BCUT2D eigenvalue weighted by Gasteiger charge is 2.24. The first kappa shape index (κ1) is 18.2. The van der Waals surface area contributed by atoms with Gasteiger partial charge in [-0.1, -0.05) is 18.2 Å². The van der Waals surface area contributed by atoms with Crippen molar-refractivity contribution in [1.29, 1.82) is 0 Å². The summed E-state index contributed by atoms with van der Waals surface area (Å²) in [5.74, 6) is -0.133. The van der Waals surface area contributed by atoms with E-state index in [1.807, 2.05) is 39.0 Å². The molecule has 1 aliphatic rings. The molecule has 1 aliphatic carbocycles. The van der Waals surface area contributed by atoms with E-state index >= 15 is 0 Å². The number of ether oxygens (including phenoxy) is 2. The van der Waals surface area contributed by atoms with E-state index in [0.29, 0.717) is 18.1 Å². The minimum Gasteiger partial charge on any atom is -0.462 e. The molecule has 2 rings (SSSR count). The Hall–Kier alpha value is -2.10. The molecule has 0 saturated heterocycles. The van der Waals surface area contributed by atoms with E-state index in [-0.39, 0.29) is 11.9 Å². The molecule has 1 aromatic rings. The van der Waals surface area contributed by atoms with E-state index in [1.54, 1.807) is 19.1 Å². The standard InChI is InChI=1S/C20H26O4/c1-5-23-18(21)16-10-6-14(7-11-16)15-8-12-17(13-9-15)19(22)24-20(2,3)4/h6-7,10-12,15H,5,8-9,13H2,1-4H3. The van der Waals surface area contributed by atoms with Crippen molar-refractivity contribution in [2.24, 2.45) is 0 Å². The van der Waals surface area contributed by atoms with Crippen LogP contribution in [0.15, 0.2) is 35.9 Å². The molecule has 130 valence electrons. The summed E-state index contributed by atoms with van der Waals surface area (Å²) in [5, 5.41) is 0. The largest absolute Gasteiger partial charge is 0.462 e. The smallest absolute Gasteiger partial charge is 0.338 e. The van der Waals surface area contributed by atoms with Gasteiger partial charge in [0, 0.05) is 5.57 Å². The number of carbonyl (C=O) groups excluding carboxylic acids is 2. The van der Waals surface area contributed by atoms with Crippen molar-refractivity contribution in [2.75, 3.05) is 6.61 Å². The number of carbonyl (C=O) groups is 2. The Morgan fingerprint density at radius 1 is 1.12 bits per heavy atom. The maximum Gasteiger partial charge on any atom is 0.338 e. The lowest BCUT2D eigenvalue weighted by Crippen LogP contribution is -2.25. The summed E-state index contributed by atoms with van der Waals surface area (Å²) in [6, 6.07) is 7.56. The van der Waals surface area contributed by atoms with Crippen LogP contribution in [0.1, 0.15) is 68.8 Å². The van der Waals surface area contributed by atoms with Gasteiger partial charge in [0.1, 0.15) is 5.60 Å². The molecular formula is C20H26O4. The normalized spacial score (nSPS) is 17.8. The van der Waals surface area contributed by atoms with Crippen LogP contribution in [0.2, 0.25) is 0 Å². The van der Waals surface area contributed by atoms with Crippen LogP contribution >= 0.6 is 0 Å². The van der Waals surface area contributed by atoms with Crippen LogP contribution < -0.4 is 0 Å².